The molecule has 2 saturated heterocycles. The average molecular weight is 274 g/mol. The Morgan fingerprint density at radius 3 is 2.85 bits per heavy atom. The van der Waals surface area contributed by atoms with Crippen molar-refractivity contribution in [3.8, 4) is 0 Å². The lowest BCUT2D eigenvalue weighted by Gasteiger charge is -2.23. The summed E-state index contributed by atoms with van der Waals surface area (Å²) >= 11 is 0. The van der Waals surface area contributed by atoms with E-state index in [1.54, 1.807) is 17.3 Å². The number of likely N-dealkylation sites (tertiary alicyclic amines) is 2. The van der Waals surface area contributed by atoms with Gasteiger partial charge in [-0.15, -0.1) is 0 Å². The van der Waals surface area contributed by atoms with Crippen LogP contribution in [0.5, 0.6) is 0 Å². The zero-order valence-electron chi connectivity index (χ0n) is 11.5. The maximum Gasteiger partial charge on any atom is 0.224 e. The van der Waals surface area contributed by atoms with Crippen molar-refractivity contribution >= 4 is 11.8 Å². The zero-order valence-corrected chi connectivity index (χ0v) is 11.5. The van der Waals surface area contributed by atoms with Crippen molar-refractivity contribution < 1.29 is 9.59 Å². The van der Waals surface area contributed by atoms with E-state index in [2.05, 4.69) is 9.97 Å². The van der Waals surface area contributed by atoms with Crippen LogP contribution >= 0.6 is 0 Å². The second-order valence-electron chi connectivity index (χ2n) is 5.47. The molecule has 1 aromatic heterocycles. The summed E-state index contributed by atoms with van der Waals surface area (Å²) < 4.78 is 0. The van der Waals surface area contributed by atoms with Gasteiger partial charge in [-0.3, -0.25) is 9.59 Å². The number of hydrogen-bond acceptors (Lipinski definition) is 4. The minimum Gasteiger partial charge on any atom is -0.341 e. The molecule has 1 aromatic rings. The molecule has 0 aromatic carbocycles. The molecule has 3 heterocycles. The summed E-state index contributed by atoms with van der Waals surface area (Å²) in [4.78, 5) is 35.6. The van der Waals surface area contributed by atoms with E-state index in [0.717, 1.165) is 18.5 Å². The number of fused-ring (bicyclic) bond motifs is 1. The summed E-state index contributed by atoms with van der Waals surface area (Å²) in [7, 11) is 1.84. The molecule has 6 nitrogen and oxygen atoms in total. The number of rotatable bonds is 3. The van der Waals surface area contributed by atoms with Crippen molar-refractivity contribution in [3.05, 3.63) is 24.3 Å². The summed E-state index contributed by atoms with van der Waals surface area (Å²) in [6.07, 6.45) is 7.43. The van der Waals surface area contributed by atoms with Gasteiger partial charge in [-0.1, -0.05) is 0 Å². The summed E-state index contributed by atoms with van der Waals surface area (Å²) in [6.45, 7) is 0.761. The van der Waals surface area contributed by atoms with E-state index >= 15 is 0 Å². The van der Waals surface area contributed by atoms with Crippen LogP contribution in [0.3, 0.4) is 0 Å². The zero-order chi connectivity index (χ0) is 14.1. The Kier molecular flexibility index (Phi) is 3.38. The summed E-state index contributed by atoms with van der Waals surface area (Å²) in [6, 6.07) is 0.290. The minimum atomic E-state index is 0.0759. The largest absolute Gasteiger partial charge is 0.341 e. The molecule has 0 spiro atoms. The molecule has 2 aliphatic rings. The van der Waals surface area contributed by atoms with Crippen molar-refractivity contribution in [3.63, 3.8) is 0 Å². The number of amides is 2. The summed E-state index contributed by atoms with van der Waals surface area (Å²) in [5, 5.41) is 0. The van der Waals surface area contributed by atoms with Crippen LogP contribution in [-0.4, -0.2) is 57.3 Å². The number of carbonyl (C=O) groups excluding carboxylic acids is 2. The smallest absolute Gasteiger partial charge is 0.224 e. The molecule has 0 aliphatic carbocycles. The van der Waals surface area contributed by atoms with Crippen LogP contribution in [0, 0.1) is 0 Å². The normalized spacial score (nSPS) is 25.1. The Morgan fingerprint density at radius 1 is 1.35 bits per heavy atom. The third-order valence-electron chi connectivity index (χ3n) is 4.35. The summed E-state index contributed by atoms with van der Waals surface area (Å²) in [5.74, 6) is 0.276. The van der Waals surface area contributed by atoms with Gasteiger partial charge in [0.25, 0.3) is 0 Å². The molecule has 0 N–H and O–H groups in total. The van der Waals surface area contributed by atoms with Crippen molar-refractivity contribution in [2.75, 3.05) is 13.6 Å². The second-order valence-corrected chi connectivity index (χ2v) is 5.47. The van der Waals surface area contributed by atoms with Crippen LogP contribution in [0.25, 0.3) is 0 Å². The fourth-order valence-electron chi connectivity index (χ4n) is 3.21. The van der Waals surface area contributed by atoms with Gasteiger partial charge in [-0.2, -0.15) is 0 Å². The van der Waals surface area contributed by atoms with Crippen molar-refractivity contribution in [2.45, 2.75) is 37.8 Å². The molecule has 2 amide bonds. The van der Waals surface area contributed by atoms with E-state index in [9.17, 15) is 9.59 Å². The minimum absolute atomic E-state index is 0.0759. The highest BCUT2D eigenvalue weighted by Crippen LogP contribution is 2.31. The standard InChI is InChI=1S/C14H18N4O2/c1-17-11-4-5-18(12(11)6-14(17)20)13(19)3-2-10-7-15-9-16-8-10/h7-9,11-12H,2-6H2,1H3/t11-,12+/m0/s1. The molecule has 2 atom stereocenters. The molecular weight excluding hydrogens is 256 g/mol. The van der Waals surface area contributed by atoms with E-state index in [0.29, 0.717) is 19.3 Å². The highest BCUT2D eigenvalue weighted by molar-refractivity contribution is 5.83. The van der Waals surface area contributed by atoms with Gasteiger partial charge in [-0.05, 0) is 18.4 Å². The van der Waals surface area contributed by atoms with Crippen LogP contribution in [-0.2, 0) is 16.0 Å². The van der Waals surface area contributed by atoms with Crippen LogP contribution in [0.4, 0.5) is 0 Å². The predicted octanol–water partition coefficient (Wildman–Crippen LogP) is 0.241. The van der Waals surface area contributed by atoms with Crippen molar-refractivity contribution in [1.82, 2.24) is 19.8 Å². The quantitative estimate of drug-likeness (QED) is 0.792. The molecule has 20 heavy (non-hydrogen) atoms. The number of aromatic nitrogens is 2. The number of hydrogen-bond donors (Lipinski definition) is 0. The first-order chi connectivity index (χ1) is 9.66. The van der Waals surface area contributed by atoms with Gasteiger partial charge in [0, 0.05) is 38.8 Å². The Hall–Kier alpha value is -1.98. The first kappa shape index (κ1) is 13.0. The maximum absolute atomic E-state index is 12.3. The van der Waals surface area contributed by atoms with Gasteiger partial charge in [0.15, 0.2) is 0 Å². The lowest BCUT2D eigenvalue weighted by Crippen LogP contribution is -2.39. The average Bonchev–Trinajstić information content (AvgIpc) is 2.99. The van der Waals surface area contributed by atoms with Gasteiger partial charge in [-0.25, -0.2) is 9.97 Å². The molecule has 2 aliphatic heterocycles. The fraction of sp³-hybridized carbons (Fsp3) is 0.571. The monoisotopic (exact) mass is 274 g/mol. The molecule has 106 valence electrons. The number of aryl methyl sites for hydroxylation is 1. The van der Waals surface area contributed by atoms with Crippen molar-refractivity contribution in [1.29, 1.82) is 0 Å². The molecule has 0 bridgehead atoms. The van der Waals surface area contributed by atoms with Gasteiger partial charge in [0.1, 0.15) is 6.33 Å². The SMILES string of the molecule is CN1C(=O)C[C@@H]2[C@@H]1CCN2C(=O)CCc1cncnc1. The molecule has 2 fully saturated rings. The highest BCUT2D eigenvalue weighted by Gasteiger charge is 2.46. The van der Waals surface area contributed by atoms with E-state index in [1.165, 1.54) is 6.33 Å². The Labute approximate surface area is 117 Å². The first-order valence-electron chi connectivity index (χ1n) is 6.96. The maximum atomic E-state index is 12.3. The summed E-state index contributed by atoms with van der Waals surface area (Å²) in [5.41, 5.74) is 0.969. The fourth-order valence-corrected chi connectivity index (χ4v) is 3.21. The second kappa shape index (κ2) is 5.19. The molecule has 6 heteroatoms. The molecule has 0 unspecified atom stereocenters. The first-order valence-corrected chi connectivity index (χ1v) is 6.96. The number of carbonyl (C=O) groups is 2. The molecule has 0 saturated carbocycles. The van der Waals surface area contributed by atoms with Crippen molar-refractivity contribution in [2.24, 2.45) is 0 Å². The Bertz CT molecular complexity index is 519. The van der Waals surface area contributed by atoms with E-state index in [4.69, 9.17) is 0 Å². The van der Waals surface area contributed by atoms with Gasteiger partial charge in [0.2, 0.25) is 11.8 Å². The van der Waals surface area contributed by atoms with Crippen LogP contribution in [0.15, 0.2) is 18.7 Å². The van der Waals surface area contributed by atoms with E-state index in [-0.39, 0.29) is 23.9 Å². The lowest BCUT2D eigenvalue weighted by atomic mass is 10.1. The highest BCUT2D eigenvalue weighted by atomic mass is 16.2. The van der Waals surface area contributed by atoms with Crippen LogP contribution < -0.4 is 0 Å². The van der Waals surface area contributed by atoms with Crippen LogP contribution in [0.2, 0.25) is 0 Å². The molecule has 0 radical (unpaired) electrons. The van der Waals surface area contributed by atoms with E-state index in [1.807, 2.05) is 11.9 Å². The molecular formula is C14H18N4O2. The third-order valence-corrected chi connectivity index (χ3v) is 4.35. The Morgan fingerprint density at radius 2 is 2.10 bits per heavy atom. The van der Waals surface area contributed by atoms with Gasteiger partial charge >= 0.3 is 0 Å². The Balaban J connectivity index is 1.60. The number of likely N-dealkylation sites (N-methyl/N-ethyl adjacent to an activating group) is 1. The topological polar surface area (TPSA) is 66.4 Å². The third kappa shape index (κ3) is 2.26. The van der Waals surface area contributed by atoms with Gasteiger partial charge in [0.05, 0.1) is 12.1 Å². The predicted molar refractivity (Wildman–Crippen MR) is 71.6 cm³/mol. The molecule has 3 rings (SSSR count). The van der Waals surface area contributed by atoms with E-state index < -0.39 is 0 Å². The lowest BCUT2D eigenvalue weighted by molar-refractivity contribution is -0.132. The van der Waals surface area contributed by atoms with Crippen LogP contribution in [0.1, 0.15) is 24.8 Å². The number of nitrogens with zero attached hydrogens (tertiary/aromatic N) is 4. The van der Waals surface area contributed by atoms with Gasteiger partial charge < -0.3 is 9.80 Å².